The van der Waals surface area contributed by atoms with Crippen molar-refractivity contribution in [2.24, 2.45) is 0 Å². The number of benzene rings is 2. The van der Waals surface area contributed by atoms with Gasteiger partial charge in [0.15, 0.2) is 0 Å². The third-order valence-corrected chi connectivity index (χ3v) is 3.30. The average molecular weight is 308 g/mol. The lowest BCUT2D eigenvalue weighted by Crippen LogP contribution is -2.07. The molecule has 5 heteroatoms. The standard InChI is InChI=1S/C16H12ClF2NO/c17-14-5-2-6-15(19)16(14)11(10-20)7-8-21-13-4-1-3-12(18)9-13/h1-6,9,11H,7-8H2. The van der Waals surface area contributed by atoms with Crippen LogP contribution in [0.25, 0.3) is 0 Å². The molecule has 0 saturated carbocycles. The molecule has 1 unspecified atom stereocenters. The number of ether oxygens (including phenoxy) is 1. The van der Waals surface area contributed by atoms with E-state index in [2.05, 4.69) is 0 Å². The first kappa shape index (κ1) is 15.3. The Balaban J connectivity index is 2.02. The molecule has 0 aliphatic carbocycles. The van der Waals surface area contributed by atoms with Crippen LogP contribution in [0.5, 0.6) is 5.75 Å². The summed E-state index contributed by atoms with van der Waals surface area (Å²) < 4.78 is 32.1. The van der Waals surface area contributed by atoms with Gasteiger partial charge in [-0.25, -0.2) is 8.78 Å². The van der Waals surface area contributed by atoms with Crippen LogP contribution in [0.3, 0.4) is 0 Å². The average Bonchev–Trinajstić information content (AvgIpc) is 2.45. The summed E-state index contributed by atoms with van der Waals surface area (Å²) in [6.07, 6.45) is 0.258. The normalized spacial score (nSPS) is 11.7. The smallest absolute Gasteiger partial charge is 0.129 e. The van der Waals surface area contributed by atoms with Gasteiger partial charge >= 0.3 is 0 Å². The molecular weight excluding hydrogens is 296 g/mol. The van der Waals surface area contributed by atoms with Crippen molar-refractivity contribution in [3.63, 3.8) is 0 Å². The minimum atomic E-state index is -0.716. The molecule has 0 bridgehead atoms. The minimum absolute atomic E-state index is 0.159. The Labute approximate surface area is 126 Å². The molecule has 2 aromatic carbocycles. The van der Waals surface area contributed by atoms with Gasteiger partial charge in [0.1, 0.15) is 17.4 Å². The molecule has 0 amide bonds. The molecule has 0 fully saturated rings. The summed E-state index contributed by atoms with van der Waals surface area (Å²) >= 11 is 5.94. The summed E-state index contributed by atoms with van der Waals surface area (Å²) in [4.78, 5) is 0. The van der Waals surface area contributed by atoms with Crippen molar-refractivity contribution in [3.05, 3.63) is 64.7 Å². The number of nitriles is 1. The molecular formula is C16H12ClF2NO. The van der Waals surface area contributed by atoms with Gasteiger partial charge in [-0.15, -0.1) is 0 Å². The van der Waals surface area contributed by atoms with E-state index in [1.54, 1.807) is 6.07 Å². The maximum Gasteiger partial charge on any atom is 0.129 e. The van der Waals surface area contributed by atoms with Crippen molar-refractivity contribution in [1.29, 1.82) is 5.26 Å². The van der Waals surface area contributed by atoms with E-state index in [1.165, 1.54) is 36.4 Å². The molecule has 2 nitrogen and oxygen atoms in total. The zero-order valence-electron chi connectivity index (χ0n) is 11.0. The molecule has 0 aromatic heterocycles. The highest BCUT2D eigenvalue weighted by molar-refractivity contribution is 6.31. The van der Waals surface area contributed by atoms with Crippen LogP contribution < -0.4 is 4.74 Å². The molecule has 0 spiro atoms. The van der Waals surface area contributed by atoms with Gasteiger partial charge in [-0.05, 0) is 24.3 Å². The lowest BCUT2D eigenvalue weighted by Gasteiger charge is -2.13. The van der Waals surface area contributed by atoms with E-state index < -0.39 is 17.6 Å². The summed E-state index contributed by atoms with van der Waals surface area (Å²) in [5.74, 6) is -1.26. The number of hydrogen-bond acceptors (Lipinski definition) is 2. The van der Waals surface area contributed by atoms with E-state index in [4.69, 9.17) is 16.3 Å². The molecule has 0 saturated heterocycles. The lowest BCUT2D eigenvalue weighted by atomic mass is 9.97. The molecule has 0 aliphatic rings. The van der Waals surface area contributed by atoms with Crippen molar-refractivity contribution in [2.45, 2.75) is 12.3 Å². The quantitative estimate of drug-likeness (QED) is 0.802. The van der Waals surface area contributed by atoms with Crippen LogP contribution in [-0.2, 0) is 0 Å². The summed E-state index contributed by atoms with van der Waals surface area (Å²) in [6.45, 7) is 0.159. The Kier molecular flexibility index (Phi) is 5.13. The Hall–Kier alpha value is -2.12. The van der Waals surface area contributed by atoms with Gasteiger partial charge in [-0.2, -0.15) is 5.26 Å². The highest BCUT2D eigenvalue weighted by Gasteiger charge is 2.18. The van der Waals surface area contributed by atoms with E-state index in [0.717, 1.165) is 0 Å². The van der Waals surface area contributed by atoms with Gasteiger partial charge < -0.3 is 4.74 Å². The Bertz CT molecular complexity index is 649. The summed E-state index contributed by atoms with van der Waals surface area (Å²) in [6, 6.07) is 12.0. The molecule has 21 heavy (non-hydrogen) atoms. The number of nitrogens with zero attached hydrogens (tertiary/aromatic N) is 1. The zero-order chi connectivity index (χ0) is 15.2. The predicted octanol–water partition coefficient (Wildman–Crippen LogP) is 4.69. The van der Waals surface area contributed by atoms with Gasteiger partial charge in [0.2, 0.25) is 0 Å². The molecule has 0 heterocycles. The van der Waals surface area contributed by atoms with E-state index in [-0.39, 0.29) is 23.6 Å². The fraction of sp³-hybridized carbons (Fsp3) is 0.188. The maximum atomic E-state index is 13.8. The number of hydrogen-bond donors (Lipinski definition) is 0. The van der Waals surface area contributed by atoms with Gasteiger partial charge in [-0.3, -0.25) is 0 Å². The first-order valence-electron chi connectivity index (χ1n) is 6.33. The van der Waals surface area contributed by atoms with Gasteiger partial charge in [0.25, 0.3) is 0 Å². The summed E-state index contributed by atoms with van der Waals surface area (Å²) in [5, 5.41) is 9.39. The third-order valence-electron chi connectivity index (χ3n) is 2.98. The fourth-order valence-corrected chi connectivity index (χ4v) is 2.26. The predicted molar refractivity (Wildman–Crippen MR) is 76.3 cm³/mol. The second-order valence-electron chi connectivity index (χ2n) is 4.41. The monoisotopic (exact) mass is 307 g/mol. The van der Waals surface area contributed by atoms with Crippen molar-refractivity contribution in [2.75, 3.05) is 6.61 Å². The second-order valence-corrected chi connectivity index (χ2v) is 4.82. The first-order valence-corrected chi connectivity index (χ1v) is 6.71. The molecule has 2 aromatic rings. The Morgan fingerprint density at radius 3 is 2.62 bits per heavy atom. The van der Waals surface area contributed by atoms with E-state index in [9.17, 15) is 14.0 Å². The number of rotatable bonds is 5. The summed E-state index contributed by atoms with van der Waals surface area (Å²) in [5.41, 5.74) is 0.171. The van der Waals surface area contributed by atoms with Gasteiger partial charge in [-0.1, -0.05) is 23.7 Å². The van der Waals surface area contributed by atoms with Crippen LogP contribution in [0.4, 0.5) is 8.78 Å². The highest BCUT2D eigenvalue weighted by Crippen LogP contribution is 2.29. The van der Waals surface area contributed by atoms with Gasteiger partial charge in [0.05, 0.1) is 18.6 Å². The molecule has 0 aliphatic heterocycles. The van der Waals surface area contributed by atoms with Gasteiger partial charge in [0, 0.05) is 23.1 Å². The van der Waals surface area contributed by atoms with E-state index >= 15 is 0 Å². The van der Waals surface area contributed by atoms with Crippen molar-refractivity contribution >= 4 is 11.6 Å². The van der Waals surface area contributed by atoms with Crippen LogP contribution >= 0.6 is 11.6 Å². The van der Waals surface area contributed by atoms with E-state index in [1.807, 2.05) is 6.07 Å². The first-order chi connectivity index (χ1) is 10.1. The summed E-state index contributed by atoms with van der Waals surface area (Å²) in [7, 11) is 0. The topological polar surface area (TPSA) is 33.0 Å². The second kappa shape index (κ2) is 7.05. The SMILES string of the molecule is N#CC(CCOc1cccc(F)c1)c1c(F)cccc1Cl. The van der Waals surface area contributed by atoms with Crippen LogP contribution in [0.1, 0.15) is 17.9 Å². The molecule has 108 valence electrons. The van der Waals surface area contributed by atoms with Crippen LogP contribution in [0.2, 0.25) is 5.02 Å². The Morgan fingerprint density at radius 1 is 1.19 bits per heavy atom. The zero-order valence-corrected chi connectivity index (χ0v) is 11.8. The van der Waals surface area contributed by atoms with Crippen LogP contribution in [0.15, 0.2) is 42.5 Å². The largest absolute Gasteiger partial charge is 0.493 e. The molecule has 0 radical (unpaired) electrons. The maximum absolute atomic E-state index is 13.8. The van der Waals surface area contributed by atoms with Crippen molar-refractivity contribution < 1.29 is 13.5 Å². The van der Waals surface area contributed by atoms with Crippen molar-refractivity contribution in [3.8, 4) is 11.8 Å². The van der Waals surface area contributed by atoms with E-state index in [0.29, 0.717) is 5.75 Å². The Morgan fingerprint density at radius 2 is 1.95 bits per heavy atom. The van der Waals surface area contributed by atoms with Crippen molar-refractivity contribution in [1.82, 2.24) is 0 Å². The molecule has 0 N–H and O–H groups in total. The van der Waals surface area contributed by atoms with Crippen LogP contribution in [0, 0.1) is 23.0 Å². The fourth-order valence-electron chi connectivity index (χ4n) is 1.97. The molecule has 2 rings (SSSR count). The number of halogens is 3. The lowest BCUT2D eigenvalue weighted by molar-refractivity contribution is 0.303. The minimum Gasteiger partial charge on any atom is -0.493 e. The molecule has 1 atom stereocenters. The van der Waals surface area contributed by atoms with Crippen LogP contribution in [-0.4, -0.2) is 6.61 Å². The third kappa shape index (κ3) is 3.93. The highest BCUT2D eigenvalue weighted by atomic mass is 35.5.